The first-order chi connectivity index (χ1) is 33.2. The largest absolute Gasteiger partial charge is 0.496 e. The summed E-state index contributed by atoms with van der Waals surface area (Å²) in [6.45, 7) is 8.70. The van der Waals surface area contributed by atoms with Gasteiger partial charge in [-0.05, 0) is 98.0 Å². The fourth-order valence-corrected chi connectivity index (χ4v) is 14.7. The number of carbonyl (C=O) groups excluding carboxylic acids is 4. The second-order valence-electron chi connectivity index (χ2n) is 20.4. The number of carbonyl (C=O) groups is 4. The van der Waals surface area contributed by atoms with Crippen molar-refractivity contribution in [2.75, 3.05) is 66.0 Å². The second-order valence-corrected chi connectivity index (χ2v) is 20.4. The van der Waals surface area contributed by atoms with Crippen molar-refractivity contribution in [2.45, 2.75) is 99.5 Å². The molecule has 364 valence electrons. The van der Waals surface area contributed by atoms with E-state index < -0.39 is 57.4 Å². The lowest BCUT2D eigenvalue weighted by Crippen LogP contribution is -2.81. The van der Waals surface area contributed by atoms with Gasteiger partial charge in [-0.3, -0.25) is 24.3 Å². The van der Waals surface area contributed by atoms with E-state index in [1.54, 1.807) is 31.7 Å². The molecule has 69 heavy (non-hydrogen) atoms. The summed E-state index contributed by atoms with van der Waals surface area (Å²) in [6, 6.07) is 14.6. The van der Waals surface area contributed by atoms with Crippen molar-refractivity contribution in [2.24, 2.45) is 11.3 Å². The Morgan fingerprint density at radius 3 is 2.43 bits per heavy atom. The van der Waals surface area contributed by atoms with Gasteiger partial charge in [-0.25, -0.2) is 4.79 Å². The summed E-state index contributed by atoms with van der Waals surface area (Å²) in [5, 5.41) is 17.9. The van der Waals surface area contributed by atoms with Crippen LogP contribution in [0, 0.1) is 11.3 Å². The fourth-order valence-electron chi connectivity index (χ4n) is 14.7. The number of nitrogens with one attached hydrogen (secondary N) is 2. The highest BCUT2D eigenvalue weighted by Gasteiger charge is 2.80. The molecule has 3 fully saturated rings. The third-order valence-electron chi connectivity index (χ3n) is 17.2. The normalized spacial score (nSPS) is 33.3. The quantitative estimate of drug-likeness (QED) is 0.0818. The van der Waals surface area contributed by atoms with Crippen molar-refractivity contribution >= 4 is 46.5 Å². The Hall–Kier alpha value is -6.03. The first-order valence-electron chi connectivity index (χ1n) is 24.4. The highest BCUT2D eigenvalue weighted by molar-refractivity contribution is 5.95. The number of hydrogen-bond acceptors (Lipinski definition) is 13. The third kappa shape index (κ3) is 6.73. The molecule has 4 aromatic rings. The van der Waals surface area contributed by atoms with Gasteiger partial charge in [0.05, 0.1) is 32.9 Å². The molecule has 15 heteroatoms. The van der Waals surface area contributed by atoms with Crippen LogP contribution in [0.4, 0.5) is 5.69 Å². The molecule has 7 heterocycles. The number of esters is 3. The average Bonchev–Trinajstić information content (AvgIpc) is 4.02. The number of likely N-dealkylation sites (N-methyl/N-ethyl adjacent to an activating group) is 1. The van der Waals surface area contributed by atoms with Gasteiger partial charge in [0.1, 0.15) is 11.2 Å². The molecular formula is C54H64N6O9. The zero-order valence-electron chi connectivity index (χ0n) is 40.7. The van der Waals surface area contributed by atoms with Crippen molar-refractivity contribution in [1.29, 1.82) is 0 Å². The Bertz CT molecular complexity index is 2780. The van der Waals surface area contributed by atoms with Gasteiger partial charge < -0.3 is 44.2 Å². The van der Waals surface area contributed by atoms with Crippen LogP contribution in [0.3, 0.4) is 0 Å². The number of para-hydroxylation sites is 1. The number of H-pyrrole nitrogens is 1. The van der Waals surface area contributed by atoms with E-state index in [4.69, 9.17) is 18.9 Å². The van der Waals surface area contributed by atoms with Gasteiger partial charge in [0.25, 0.3) is 0 Å². The molecule has 3 N–H and O–H groups in total. The van der Waals surface area contributed by atoms with Crippen LogP contribution >= 0.6 is 0 Å². The van der Waals surface area contributed by atoms with Crippen molar-refractivity contribution in [3.8, 4) is 5.75 Å². The molecule has 1 unspecified atom stereocenters. The van der Waals surface area contributed by atoms with Crippen LogP contribution in [0.15, 0.2) is 79.2 Å². The summed E-state index contributed by atoms with van der Waals surface area (Å²) >= 11 is 0. The zero-order valence-corrected chi connectivity index (χ0v) is 40.7. The number of aliphatic hydroxyl groups is 1. The summed E-state index contributed by atoms with van der Waals surface area (Å²) in [6.07, 6.45) is 12.7. The number of nitrogens with zero attached hydrogens (tertiary/aromatic N) is 4. The minimum absolute atomic E-state index is 0.132. The van der Waals surface area contributed by atoms with Crippen molar-refractivity contribution in [1.82, 2.24) is 25.1 Å². The number of piperidine rings is 1. The monoisotopic (exact) mass is 940 g/mol. The van der Waals surface area contributed by atoms with Crippen LogP contribution < -0.4 is 15.0 Å². The van der Waals surface area contributed by atoms with Crippen LogP contribution in [0.25, 0.3) is 17.0 Å². The summed E-state index contributed by atoms with van der Waals surface area (Å²) in [5.41, 5.74) is -0.713. The number of aromatic nitrogens is 2. The highest BCUT2D eigenvalue weighted by Crippen LogP contribution is 2.68. The molecule has 0 radical (unpaired) electrons. The maximum absolute atomic E-state index is 15.7. The van der Waals surface area contributed by atoms with Crippen LogP contribution in [0.5, 0.6) is 5.75 Å². The minimum Gasteiger partial charge on any atom is -0.496 e. The van der Waals surface area contributed by atoms with Crippen LogP contribution in [0.1, 0.15) is 80.8 Å². The molecule has 1 aliphatic carbocycles. The van der Waals surface area contributed by atoms with Gasteiger partial charge in [0.2, 0.25) is 11.5 Å². The average molecular weight is 941 g/mol. The van der Waals surface area contributed by atoms with E-state index in [1.807, 2.05) is 55.3 Å². The standard InChI is InChI=1S/C54H64N6O9/c1-8-50(57-43(62)16-15-34-17-22-55-23-18-34)29-35-30-53(48(63)67-6,44-37(19-25-59(31-35)32-50)36-13-10-11-14-40(36)56-44)39-27-38-41(28-42(39)66-5)58(4)46-52(38)21-26-60-24-12-20-51(9-2,45(52)60)47(69-33(3)61)54(46,65)49(64)68-7/h10-18,20,22-23,27-28,35,45-47,56,65H,8-9,19,21,24-26,29-32H2,1-7H3,(H,57,62)/b16-15+/t35-,45+,46-,47-,50+,51-,52-,53+,54+/m1/s1. The fraction of sp³-hybridized carbons (Fsp3) is 0.500. The van der Waals surface area contributed by atoms with E-state index in [9.17, 15) is 19.5 Å². The molecule has 2 aromatic heterocycles. The topological polar surface area (TPSA) is 176 Å². The number of ether oxygens (including phenoxy) is 4. The van der Waals surface area contributed by atoms with Crippen molar-refractivity contribution in [3.05, 3.63) is 107 Å². The zero-order chi connectivity index (χ0) is 48.7. The number of amides is 1. The molecule has 10 atom stereocenters. The van der Waals surface area contributed by atoms with E-state index in [1.165, 1.54) is 21.1 Å². The summed E-state index contributed by atoms with van der Waals surface area (Å²) in [7, 11) is 6.16. The minimum atomic E-state index is -2.33. The number of benzene rings is 2. The lowest BCUT2D eigenvalue weighted by atomic mass is 9.47. The lowest BCUT2D eigenvalue weighted by Gasteiger charge is -2.63. The SMILES string of the molecule is CC[C@]1(NC(=O)/C=C/c2ccncc2)C[C@H]2CN(CCc3c([nH]c4ccccc34)[C@@](C(=O)OC)(c3cc4c(cc3OC)N(C)[C@H]3[C@@](O)(C(=O)OC)[C@H](OC(C)=O)[C@]5(CC)C=CCN6CC[C@]43[C@@H]65)C2)C1. The Balaban J connectivity index is 1.20. The van der Waals surface area contributed by atoms with E-state index >= 15 is 4.79 Å². The molecule has 2 aromatic carbocycles. The Morgan fingerprint density at radius 1 is 0.957 bits per heavy atom. The Morgan fingerprint density at radius 2 is 1.72 bits per heavy atom. The first-order valence-corrected chi connectivity index (χ1v) is 24.4. The van der Waals surface area contributed by atoms with Crippen molar-refractivity contribution < 1.29 is 43.2 Å². The molecule has 1 saturated carbocycles. The van der Waals surface area contributed by atoms with Gasteiger partial charge >= 0.3 is 17.9 Å². The molecule has 6 aliphatic rings. The smallest absolute Gasteiger partial charge is 0.344 e. The number of fused-ring (bicyclic) bond motifs is 6. The van der Waals surface area contributed by atoms with Gasteiger partial charge in [-0.1, -0.05) is 44.2 Å². The molecule has 2 saturated heterocycles. The van der Waals surface area contributed by atoms with Gasteiger partial charge in [0.15, 0.2) is 6.10 Å². The van der Waals surface area contributed by atoms with Gasteiger partial charge in [0, 0.05) is 109 Å². The summed E-state index contributed by atoms with van der Waals surface area (Å²) < 4.78 is 24.2. The molecule has 2 bridgehead atoms. The first kappa shape index (κ1) is 46.7. The number of hydrogen-bond donors (Lipinski definition) is 3. The number of aromatic amines is 1. The molecular weight excluding hydrogens is 877 g/mol. The van der Waals surface area contributed by atoms with E-state index in [0.29, 0.717) is 82.6 Å². The third-order valence-corrected chi connectivity index (χ3v) is 17.2. The maximum atomic E-state index is 15.7. The van der Waals surface area contributed by atoms with E-state index in [2.05, 4.69) is 56.3 Å². The van der Waals surface area contributed by atoms with E-state index in [-0.39, 0.29) is 17.9 Å². The van der Waals surface area contributed by atoms with Gasteiger partial charge in [-0.15, -0.1) is 0 Å². The number of rotatable bonds is 10. The molecule has 10 rings (SSSR count). The van der Waals surface area contributed by atoms with Crippen LogP contribution in [0.2, 0.25) is 0 Å². The highest BCUT2D eigenvalue weighted by atomic mass is 16.6. The molecule has 5 aliphatic heterocycles. The van der Waals surface area contributed by atoms with E-state index in [0.717, 1.165) is 39.0 Å². The number of anilines is 1. The summed E-state index contributed by atoms with van der Waals surface area (Å²) in [4.78, 5) is 71.9. The Kier molecular flexibility index (Phi) is 11.6. The van der Waals surface area contributed by atoms with Crippen LogP contribution in [-0.2, 0) is 50.6 Å². The molecule has 1 amide bonds. The van der Waals surface area contributed by atoms with Crippen molar-refractivity contribution in [3.63, 3.8) is 0 Å². The lowest BCUT2D eigenvalue weighted by molar-refractivity contribution is -0.228. The Labute approximate surface area is 403 Å². The summed E-state index contributed by atoms with van der Waals surface area (Å²) in [5.74, 6) is -1.85. The maximum Gasteiger partial charge on any atom is 0.344 e. The second kappa shape index (κ2) is 17.1. The van der Waals surface area contributed by atoms with Gasteiger partial charge in [-0.2, -0.15) is 0 Å². The molecule has 15 nitrogen and oxygen atoms in total. The molecule has 1 spiro atoms. The predicted molar refractivity (Wildman–Crippen MR) is 260 cm³/mol. The predicted octanol–water partition coefficient (Wildman–Crippen LogP) is 5.22. The van der Waals surface area contributed by atoms with Crippen LogP contribution in [-0.4, -0.2) is 139 Å². The number of pyridine rings is 1. The number of methoxy groups -OCH3 is 3.